The lowest BCUT2D eigenvalue weighted by Crippen LogP contribution is -2.65. The molecule has 2 aromatic rings. The van der Waals surface area contributed by atoms with Crippen molar-refractivity contribution in [2.24, 2.45) is 0 Å². The van der Waals surface area contributed by atoms with Crippen molar-refractivity contribution >= 4 is 46.9 Å². The molecule has 2 fully saturated rings. The number of carboxylic acid groups (broad SMARTS) is 1. The van der Waals surface area contributed by atoms with E-state index in [1.54, 1.807) is 43.9 Å². The molecule has 0 radical (unpaired) electrons. The van der Waals surface area contributed by atoms with Crippen molar-refractivity contribution in [1.82, 2.24) is 19.7 Å². The minimum atomic E-state index is -1.19. The number of benzene rings is 1. The second kappa shape index (κ2) is 12.4. The Morgan fingerprint density at radius 3 is 2.58 bits per heavy atom. The van der Waals surface area contributed by atoms with Gasteiger partial charge in [0.2, 0.25) is 5.89 Å². The lowest BCUT2D eigenvalue weighted by molar-refractivity contribution is -0.129. The van der Waals surface area contributed by atoms with Crippen molar-refractivity contribution in [2.45, 2.75) is 83.1 Å². The molecule has 43 heavy (non-hydrogen) atoms. The van der Waals surface area contributed by atoms with Crippen LogP contribution in [0.5, 0.6) is 0 Å². The average Bonchev–Trinajstić information content (AvgIpc) is 3.66. The van der Waals surface area contributed by atoms with Gasteiger partial charge < -0.3 is 29.2 Å². The van der Waals surface area contributed by atoms with Gasteiger partial charge >= 0.3 is 12.2 Å². The maximum Gasteiger partial charge on any atom is 0.410 e. The van der Waals surface area contributed by atoms with E-state index in [1.807, 2.05) is 0 Å². The highest BCUT2D eigenvalue weighted by molar-refractivity contribution is 6.42. The first-order chi connectivity index (χ1) is 20.4. The van der Waals surface area contributed by atoms with E-state index in [0.29, 0.717) is 39.7 Å². The predicted octanol–water partition coefficient (Wildman–Crippen LogP) is 5.22. The predicted molar refractivity (Wildman–Crippen MR) is 159 cm³/mol. The van der Waals surface area contributed by atoms with Crippen LogP contribution in [0, 0.1) is 0 Å². The molecule has 1 aromatic heterocycles. The first kappa shape index (κ1) is 31.2. The summed E-state index contributed by atoms with van der Waals surface area (Å²) in [6, 6.07) is 3.54. The Bertz CT molecular complexity index is 1430. The van der Waals surface area contributed by atoms with Gasteiger partial charge in [-0.2, -0.15) is 0 Å². The molecule has 1 aliphatic carbocycles. The normalized spacial score (nSPS) is 20.3. The maximum atomic E-state index is 14.7. The van der Waals surface area contributed by atoms with Crippen LogP contribution in [-0.4, -0.2) is 91.4 Å². The van der Waals surface area contributed by atoms with Gasteiger partial charge in [0.15, 0.2) is 0 Å². The number of hydrogen-bond donors (Lipinski definition) is 2. The topological polar surface area (TPSA) is 137 Å². The van der Waals surface area contributed by atoms with Crippen LogP contribution in [0.25, 0.3) is 5.57 Å². The lowest BCUT2D eigenvalue weighted by atomic mass is 9.84. The zero-order chi connectivity index (χ0) is 31.1. The molecule has 2 aliphatic heterocycles. The standard InChI is InChI=1S/C30H36Cl2N4O7/c1-30(2,3)43-29(41)34-14-20-12-21(26-33-18(16-42-26)7-5-11-37)24(23(15-34)36(20)28(39)40)27(38)35(19-9-10-19)13-17-6-4-8-22(31)25(17)32/h4,6,8,16,19-20,23,37H,5,7,9-15H2,1-3H3,(H,39,40)/t20?,23-/m1/s1. The highest BCUT2D eigenvalue weighted by atomic mass is 35.5. The number of rotatable bonds is 8. The molecule has 13 heteroatoms. The van der Waals surface area contributed by atoms with E-state index in [2.05, 4.69) is 4.98 Å². The molecule has 5 rings (SSSR count). The summed E-state index contributed by atoms with van der Waals surface area (Å²) in [5.74, 6) is -0.136. The number of aromatic nitrogens is 1. The number of ether oxygens (including phenoxy) is 1. The SMILES string of the molecule is CC(C)(C)OC(=O)N1CC2CC(c3nc(CCCO)co3)=C(C(=O)N(Cc3cccc(Cl)c3Cl)C3CC3)[C@@H](C1)N2C(=O)O. The molecule has 3 heterocycles. The number of amides is 3. The summed E-state index contributed by atoms with van der Waals surface area (Å²) in [6.07, 6.45) is 2.41. The van der Waals surface area contributed by atoms with Crippen molar-refractivity contribution in [2.75, 3.05) is 19.7 Å². The van der Waals surface area contributed by atoms with E-state index in [-0.39, 0.29) is 56.1 Å². The number of carbonyl (C=O) groups is 3. The van der Waals surface area contributed by atoms with Gasteiger partial charge in [0, 0.05) is 44.3 Å². The van der Waals surface area contributed by atoms with Crippen molar-refractivity contribution in [3.63, 3.8) is 0 Å². The molecule has 0 spiro atoms. The van der Waals surface area contributed by atoms with Gasteiger partial charge in [-0.3, -0.25) is 9.69 Å². The third-order valence-electron chi connectivity index (χ3n) is 7.78. The number of fused-ring (bicyclic) bond motifs is 2. The van der Waals surface area contributed by atoms with Crippen LogP contribution in [-0.2, 0) is 22.5 Å². The Kier molecular flexibility index (Phi) is 8.97. The van der Waals surface area contributed by atoms with E-state index in [4.69, 9.17) is 32.4 Å². The average molecular weight is 636 g/mol. The van der Waals surface area contributed by atoms with Crippen molar-refractivity contribution in [3.05, 3.63) is 57.2 Å². The Morgan fingerprint density at radius 2 is 1.93 bits per heavy atom. The number of hydrogen-bond acceptors (Lipinski definition) is 7. The summed E-state index contributed by atoms with van der Waals surface area (Å²) in [6.45, 7) is 5.47. The number of aryl methyl sites for hydroxylation is 1. The first-order valence-corrected chi connectivity index (χ1v) is 15.1. The highest BCUT2D eigenvalue weighted by Crippen LogP contribution is 2.41. The fourth-order valence-corrected chi connectivity index (χ4v) is 6.11. The summed E-state index contributed by atoms with van der Waals surface area (Å²) in [5, 5.41) is 20.3. The Hall–Kier alpha value is -3.28. The molecule has 1 saturated heterocycles. The van der Waals surface area contributed by atoms with Gasteiger partial charge in [-0.15, -0.1) is 0 Å². The van der Waals surface area contributed by atoms with Gasteiger partial charge in [0.25, 0.3) is 5.91 Å². The number of nitrogens with zero attached hydrogens (tertiary/aromatic N) is 4. The zero-order valence-electron chi connectivity index (χ0n) is 24.4. The summed E-state index contributed by atoms with van der Waals surface area (Å²) < 4.78 is 11.5. The van der Waals surface area contributed by atoms with E-state index in [9.17, 15) is 24.6 Å². The number of aliphatic hydroxyl groups excluding tert-OH is 1. The maximum absolute atomic E-state index is 14.7. The largest absolute Gasteiger partial charge is 0.465 e. The summed E-state index contributed by atoms with van der Waals surface area (Å²) in [4.78, 5) is 49.5. The Balaban J connectivity index is 1.59. The summed E-state index contributed by atoms with van der Waals surface area (Å²) >= 11 is 12.8. The molecule has 3 amide bonds. The number of halogens is 2. The zero-order valence-corrected chi connectivity index (χ0v) is 25.9. The monoisotopic (exact) mass is 634 g/mol. The molecule has 1 saturated carbocycles. The summed E-state index contributed by atoms with van der Waals surface area (Å²) in [5.41, 5.74) is 1.26. The molecule has 1 aromatic carbocycles. The Labute approximate surface area is 260 Å². The van der Waals surface area contributed by atoms with Crippen molar-refractivity contribution in [3.8, 4) is 0 Å². The molecule has 1 unspecified atom stereocenters. The van der Waals surface area contributed by atoms with E-state index in [0.717, 1.165) is 12.8 Å². The molecular weight excluding hydrogens is 599 g/mol. The number of carbonyl (C=O) groups excluding carboxylic acids is 2. The van der Waals surface area contributed by atoms with Crippen LogP contribution in [0.15, 0.2) is 34.5 Å². The molecule has 11 nitrogen and oxygen atoms in total. The molecule has 2 N–H and O–H groups in total. The van der Waals surface area contributed by atoms with Gasteiger partial charge in [-0.1, -0.05) is 35.3 Å². The lowest BCUT2D eigenvalue weighted by Gasteiger charge is -2.49. The Morgan fingerprint density at radius 1 is 1.19 bits per heavy atom. The van der Waals surface area contributed by atoms with E-state index in [1.165, 1.54) is 16.1 Å². The van der Waals surface area contributed by atoms with Crippen molar-refractivity contribution < 1.29 is 33.8 Å². The quantitative estimate of drug-likeness (QED) is 0.403. The first-order valence-electron chi connectivity index (χ1n) is 14.4. The summed E-state index contributed by atoms with van der Waals surface area (Å²) in [7, 11) is 0. The third kappa shape index (κ3) is 6.78. The van der Waals surface area contributed by atoms with Gasteiger partial charge in [0.1, 0.15) is 11.9 Å². The molecule has 2 bridgehead atoms. The fraction of sp³-hybridized carbons (Fsp3) is 0.533. The van der Waals surface area contributed by atoms with Crippen molar-refractivity contribution in [1.29, 1.82) is 0 Å². The minimum absolute atomic E-state index is 0.00471. The van der Waals surface area contributed by atoms with Crippen LogP contribution >= 0.6 is 23.2 Å². The smallest absolute Gasteiger partial charge is 0.410 e. The molecule has 3 aliphatic rings. The molecule has 232 valence electrons. The van der Waals surface area contributed by atoms with Gasteiger partial charge in [0.05, 0.1) is 33.4 Å². The van der Waals surface area contributed by atoms with Gasteiger partial charge in [-0.05, 0) is 58.1 Å². The van der Waals surface area contributed by atoms with Gasteiger partial charge in [-0.25, -0.2) is 14.6 Å². The third-order valence-corrected chi connectivity index (χ3v) is 8.63. The van der Waals surface area contributed by atoms with E-state index < -0.39 is 29.9 Å². The second-order valence-electron chi connectivity index (χ2n) is 12.2. The van der Waals surface area contributed by atoms with E-state index >= 15 is 0 Å². The highest BCUT2D eigenvalue weighted by Gasteiger charge is 2.50. The number of aliphatic hydroxyl groups is 1. The second-order valence-corrected chi connectivity index (χ2v) is 13.0. The molecule has 2 atom stereocenters. The number of piperazine rings is 1. The molecular formula is C30H36Cl2N4O7. The number of oxazole rings is 1. The minimum Gasteiger partial charge on any atom is -0.465 e. The van der Waals surface area contributed by atoms with Crippen LogP contribution < -0.4 is 0 Å². The van der Waals surface area contributed by atoms with Crippen LogP contribution in [0.1, 0.15) is 63.6 Å². The van der Waals surface area contributed by atoms with Crippen LogP contribution in [0.2, 0.25) is 10.0 Å². The fourth-order valence-electron chi connectivity index (χ4n) is 5.73. The van der Waals surface area contributed by atoms with Crippen LogP contribution in [0.3, 0.4) is 0 Å². The van der Waals surface area contributed by atoms with Crippen LogP contribution in [0.4, 0.5) is 9.59 Å².